The Bertz CT molecular complexity index is 1030. The van der Waals surface area contributed by atoms with Crippen molar-refractivity contribution in [1.82, 2.24) is 4.98 Å². The van der Waals surface area contributed by atoms with E-state index in [2.05, 4.69) is 4.98 Å². The summed E-state index contributed by atoms with van der Waals surface area (Å²) in [5.41, 5.74) is 1.54. The van der Waals surface area contributed by atoms with Crippen LogP contribution in [0.2, 0.25) is 0 Å². The number of halogens is 1. The molecule has 1 aromatic heterocycles. The highest BCUT2D eigenvalue weighted by atomic mass is 19.1. The predicted molar refractivity (Wildman–Crippen MR) is 106 cm³/mol. The SMILES string of the molecule is CCOC(=O)c1cc(-c2ccccc2F)nc(C)c1C(=O)OCc1ccccc1. The molecule has 0 spiro atoms. The maximum Gasteiger partial charge on any atom is 0.341 e. The second-order valence-corrected chi connectivity index (χ2v) is 6.28. The first-order valence-electron chi connectivity index (χ1n) is 9.16. The van der Waals surface area contributed by atoms with E-state index in [-0.39, 0.29) is 41.3 Å². The summed E-state index contributed by atoms with van der Waals surface area (Å²) in [6.45, 7) is 3.42. The van der Waals surface area contributed by atoms with Crippen molar-refractivity contribution in [3.63, 3.8) is 0 Å². The number of aryl methyl sites for hydroxylation is 1. The first-order chi connectivity index (χ1) is 14.0. The summed E-state index contributed by atoms with van der Waals surface area (Å²) < 4.78 is 24.7. The highest BCUT2D eigenvalue weighted by molar-refractivity contribution is 6.04. The van der Waals surface area contributed by atoms with Gasteiger partial charge in [0.15, 0.2) is 0 Å². The van der Waals surface area contributed by atoms with Crippen molar-refractivity contribution in [2.24, 2.45) is 0 Å². The molecule has 0 atom stereocenters. The number of rotatable bonds is 6. The highest BCUT2D eigenvalue weighted by Crippen LogP contribution is 2.26. The second kappa shape index (κ2) is 9.10. The normalized spacial score (nSPS) is 10.4. The van der Waals surface area contributed by atoms with E-state index in [9.17, 15) is 14.0 Å². The summed E-state index contributed by atoms with van der Waals surface area (Å²) in [4.78, 5) is 29.6. The number of nitrogens with zero attached hydrogens (tertiary/aromatic N) is 1. The molecule has 3 aromatic rings. The molecule has 0 amide bonds. The van der Waals surface area contributed by atoms with Gasteiger partial charge >= 0.3 is 11.9 Å². The molecule has 0 saturated carbocycles. The van der Waals surface area contributed by atoms with Crippen LogP contribution in [0.1, 0.15) is 38.9 Å². The van der Waals surface area contributed by atoms with E-state index >= 15 is 0 Å². The summed E-state index contributed by atoms with van der Waals surface area (Å²) >= 11 is 0. The largest absolute Gasteiger partial charge is 0.462 e. The van der Waals surface area contributed by atoms with Gasteiger partial charge in [0, 0.05) is 5.56 Å². The van der Waals surface area contributed by atoms with Crippen LogP contribution in [0.4, 0.5) is 4.39 Å². The fourth-order valence-corrected chi connectivity index (χ4v) is 2.90. The molecule has 0 aliphatic rings. The van der Waals surface area contributed by atoms with Crippen molar-refractivity contribution in [1.29, 1.82) is 0 Å². The average Bonchev–Trinajstić information content (AvgIpc) is 2.72. The first-order valence-corrected chi connectivity index (χ1v) is 9.16. The number of hydrogen-bond donors (Lipinski definition) is 0. The minimum Gasteiger partial charge on any atom is -0.462 e. The number of aromatic nitrogens is 1. The Labute approximate surface area is 168 Å². The Morgan fingerprint density at radius 3 is 2.34 bits per heavy atom. The van der Waals surface area contributed by atoms with Crippen LogP contribution in [0.25, 0.3) is 11.3 Å². The van der Waals surface area contributed by atoms with E-state index < -0.39 is 17.8 Å². The maximum atomic E-state index is 14.2. The molecule has 148 valence electrons. The molecule has 3 rings (SSSR count). The van der Waals surface area contributed by atoms with Gasteiger partial charge < -0.3 is 9.47 Å². The molecule has 0 N–H and O–H groups in total. The van der Waals surface area contributed by atoms with E-state index in [1.54, 1.807) is 32.0 Å². The molecule has 29 heavy (non-hydrogen) atoms. The molecule has 1 heterocycles. The van der Waals surface area contributed by atoms with Crippen LogP contribution < -0.4 is 0 Å². The standard InChI is InChI=1S/C23H20FNO4/c1-3-28-22(26)18-13-20(17-11-7-8-12-19(17)24)25-15(2)21(18)23(27)29-14-16-9-5-4-6-10-16/h4-13H,3,14H2,1-2H3. The van der Waals surface area contributed by atoms with E-state index in [1.165, 1.54) is 12.1 Å². The number of esters is 2. The lowest BCUT2D eigenvalue weighted by Crippen LogP contribution is -2.17. The quantitative estimate of drug-likeness (QED) is 0.567. The zero-order valence-electron chi connectivity index (χ0n) is 16.1. The van der Waals surface area contributed by atoms with Crippen molar-refractivity contribution in [3.8, 4) is 11.3 Å². The molecule has 2 aromatic carbocycles. The molecular weight excluding hydrogens is 373 g/mol. The molecule has 0 radical (unpaired) electrons. The van der Waals surface area contributed by atoms with Crippen LogP contribution in [-0.4, -0.2) is 23.5 Å². The Morgan fingerprint density at radius 2 is 1.66 bits per heavy atom. The van der Waals surface area contributed by atoms with Gasteiger partial charge in [-0.2, -0.15) is 0 Å². The van der Waals surface area contributed by atoms with E-state index in [4.69, 9.17) is 9.47 Å². The van der Waals surface area contributed by atoms with Crippen molar-refractivity contribution < 1.29 is 23.5 Å². The lowest BCUT2D eigenvalue weighted by atomic mass is 10.0. The third-order valence-electron chi connectivity index (χ3n) is 4.26. The van der Waals surface area contributed by atoms with Gasteiger partial charge in [0.25, 0.3) is 0 Å². The van der Waals surface area contributed by atoms with Gasteiger partial charge in [0.05, 0.1) is 29.1 Å². The smallest absolute Gasteiger partial charge is 0.341 e. The van der Waals surface area contributed by atoms with Crippen LogP contribution in [0.15, 0.2) is 60.7 Å². The summed E-state index contributed by atoms with van der Waals surface area (Å²) in [6, 6.07) is 16.6. The lowest BCUT2D eigenvalue weighted by Gasteiger charge is -2.14. The van der Waals surface area contributed by atoms with Gasteiger partial charge in [-0.3, -0.25) is 4.98 Å². The van der Waals surface area contributed by atoms with Crippen LogP contribution in [-0.2, 0) is 16.1 Å². The fraction of sp³-hybridized carbons (Fsp3) is 0.174. The minimum absolute atomic E-state index is 0.00401. The molecule has 0 bridgehead atoms. The lowest BCUT2D eigenvalue weighted by molar-refractivity contribution is 0.0443. The number of pyridine rings is 1. The van der Waals surface area contributed by atoms with Crippen LogP contribution in [0, 0.1) is 12.7 Å². The molecule has 0 fully saturated rings. The topological polar surface area (TPSA) is 65.5 Å². The molecule has 0 aliphatic heterocycles. The average molecular weight is 393 g/mol. The van der Waals surface area contributed by atoms with E-state index in [0.717, 1.165) is 5.56 Å². The number of hydrogen-bond acceptors (Lipinski definition) is 5. The van der Waals surface area contributed by atoms with Crippen LogP contribution in [0.5, 0.6) is 0 Å². The number of benzene rings is 2. The molecule has 0 unspecified atom stereocenters. The number of carbonyl (C=O) groups excluding carboxylic acids is 2. The fourth-order valence-electron chi connectivity index (χ4n) is 2.90. The van der Waals surface area contributed by atoms with Crippen molar-refractivity contribution in [2.45, 2.75) is 20.5 Å². The Balaban J connectivity index is 2.00. The van der Waals surface area contributed by atoms with Crippen molar-refractivity contribution >= 4 is 11.9 Å². The van der Waals surface area contributed by atoms with Crippen LogP contribution >= 0.6 is 0 Å². The summed E-state index contributed by atoms with van der Waals surface area (Å²) in [6.07, 6.45) is 0. The summed E-state index contributed by atoms with van der Waals surface area (Å²) in [5, 5.41) is 0. The van der Waals surface area contributed by atoms with Crippen molar-refractivity contribution in [3.05, 3.63) is 88.9 Å². The highest BCUT2D eigenvalue weighted by Gasteiger charge is 2.25. The third kappa shape index (κ3) is 4.66. The van der Waals surface area contributed by atoms with E-state index in [0.29, 0.717) is 0 Å². The molecular formula is C23H20FNO4. The van der Waals surface area contributed by atoms with Gasteiger partial charge in [0.1, 0.15) is 12.4 Å². The predicted octanol–water partition coefficient (Wildman–Crippen LogP) is 4.73. The minimum atomic E-state index is -0.693. The summed E-state index contributed by atoms with van der Waals surface area (Å²) in [7, 11) is 0. The maximum absolute atomic E-state index is 14.2. The van der Waals surface area contributed by atoms with Gasteiger partial charge in [0.2, 0.25) is 0 Å². The Morgan fingerprint density at radius 1 is 0.966 bits per heavy atom. The molecule has 0 saturated heterocycles. The van der Waals surface area contributed by atoms with Gasteiger partial charge in [-0.05, 0) is 37.6 Å². The number of ether oxygens (including phenoxy) is 2. The van der Waals surface area contributed by atoms with Gasteiger partial charge in [-0.15, -0.1) is 0 Å². The summed E-state index contributed by atoms with van der Waals surface area (Å²) in [5.74, 6) is -1.86. The molecule has 6 heteroatoms. The van der Waals surface area contributed by atoms with Gasteiger partial charge in [-0.25, -0.2) is 14.0 Å². The zero-order valence-corrected chi connectivity index (χ0v) is 16.1. The van der Waals surface area contributed by atoms with E-state index in [1.807, 2.05) is 30.3 Å². The molecule has 0 aliphatic carbocycles. The third-order valence-corrected chi connectivity index (χ3v) is 4.26. The zero-order chi connectivity index (χ0) is 20.8. The second-order valence-electron chi connectivity index (χ2n) is 6.28. The van der Waals surface area contributed by atoms with Crippen LogP contribution in [0.3, 0.4) is 0 Å². The van der Waals surface area contributed by atoms with Crippen molar-refractivity contribution in [2.75, 3.05) is 6.61 Å². The Hall–Kier alpha value is -3.54. The Kier molecular flexibility index (Phi) is 6.34. The molecule has 5 nitrogen and oxygen atoms in total. The first kappa shape index (κ1) is 20.2. The number of carbonyl (C=O) groups is 2. The monoisotopic (exact) mass is 393 g/mol. The van der Waals surface area contributed by atoms with Gasteiger partial charge in [-0.1, -0.05) is 42.5 Å².